The van der Waals surface area contributed by atoms with Gasteiger partial charge in [0.25, 0.3) is 5.91 Å². The first-order valence-corrected chi connectivity index (χ1v) is 13.3. The zero-order valence-electron chi connectivity index (χ0n) is 19.2. The third-order valence-corrected chi connectivity index (χ3v) is 9.47. The number of rotatable bonds is 6. The van der Waals surface area contributed by atoms with Crippen LogP contribution in [-0.4, -0.2) is 32.2 Å². The number of halogens is 4. The molecular weight excluding hydrogens is 519 g/mol. The molecule has 0 radical (unpaired) electrons. The Kier molecular flexibility index (Phi) is 7.47. The van der Waals surface area contributed by atoms with Gasteiger partial charge in [-0.3, -0.25) is 4.79 Å². The molecule has 0 aromatic heterocycles. The SMILES string of the molecule is CCOC(=O)C=C1CC2CC[C@@H](C1)C2S(=O)(=O)c1cc(C(=O)Nc2cc(F)c(F)c(F)c2)ccc1Cl. The zero-order chi connectivity index (χ0) is 26.2. The molecule has 192 valence electrons. The molecule has 2 aromatic carbocycles. The van der Waals surface area contributed by atoms with Gasteiger partial charge in [0.15, 0.2) is 27.3 Å². The second kappa shape index (κ2) is 10.3. The first kappa shape index (κ1) is 26.2. The molecule has 2 fully saturated rings. The van der Waals surface area contributed by atoms with Gasteiger partial charge in [-0.05, 0) is 62.6 Å². The van der Waals surface area contributed by atoms with Crippen LogP contribution in [0.1, 0.15) is 43.0 Å². The molecule has 2 aliphatic rings. The van der Waals surface area contributed by atoms with Gasteiger partial charge < -0.3 is 10.1 Å². The average molecular weight is 542 g/mol. The lowest BCUT2D eigenvalue weighted by Crippen LogP contribution is -2.35. The van der Waals surface area contributed by atoms with Crippen molar-refractivity contribution in [2.45, 2.75) is 42.8 Å². The first-order chi connectivity index (χ1) is 17.0. The molecule has 1 N–H and O–H groups in total. The molecular formula is C25H23ClF3NO5S. The molecule has 36 heavy (non-hydrogen) atoms. The van der Waals surface area contributed by atoms with Crippen LogP contribution < -0.4 is 5.32 Å². The summed E-state index contributed by atoms with van der Waals surface area (Å²) in [6, 6.07) is 4.91. The van der Waals surface area contributed by atoms with Crippen molar-refractivity contribution in [3.8, 4) is 0 Å². The number of nitrogens with one attached hydrogen (secondary N) is 1. The largest absolute Gasteiger partial charge is 0.463 e. The zero-order valence-corrected chi connectivity index (χ0v) is 20.8. The van der Waals surface area contributed by atoms with Crippen molar-refractivity contribution in [2.24, 2.45) is 11.8 Å². The Morgan fingerprint density at radius 2 is 1.69 bits per heavy atom. The number of allylic oxidation sites excluding steroid dienone is 1. The highest BCUT2D eigenvalue weighted by molar-refractivity contribution is 7.92. The summed E-state index contributed by atoms with van der Waals surface area (Å²) in [6.07, 6.45) is 3.68. The number of esters is 1. The van der Waals surface area contributed by atoms with Gasteiger partial charge in [-0.1, -0.05) is 17.2 Å². The van der Waals surface area contributed by atoms with Crippen LogP contribution in [0.2, 0.25) is 5.02 Å². The highest BCUT2D eigenvalue weighted by Gasteiger charge is 2.49. The number of benzene rings is 2. The van der Waals surface area contributed by atoms with Crippen molar-refractivity contribution in [3.05, 3.63) is 70.0 Å². The molecule has 2 aromatic rings. The summed E-state index contributed by atoms with van der Waals surface area (Å²) in [5.74, 6) is -6.35. The van der Waals surface area contributed by atoms with Crippen molar-refractivity contribution in [2.75, 3.05) is 11.9 Å². The van der Waals surface area contributed by atoms with E-state index in [0.29, 0.717) is 37.8 Å². The average Bonchev–Trinajstić information content (AvgIpc) is 3.09. The fourth-order valence-electron chi connectivity index (χ4n) is 5.15. The standard InChI is InChI=1S/C25H23ClF3NO5S/c1-2-35-22(31)9-13-7-14-3-4-15(8-13)24(14)36(33,34)21-10-16(5-6-18(21)26)25(32)30-17-11-19(27)23(29)20(28)12-17/h5-6,9-12,14-15,24H,2-4,7-8H2,1H3,(H,30,32)/t14-,15?,24?/m0/s1. The smallest absolute Gasteiger partial charge is 0.330 e. The van der Waals surface area contributed by atoms with Gasteiger partial charge in [0.05, 0.1) is 21.8 Å². The van der Waals surface area contributed by atoms with Gasteiger partial charge in [-0.25, -0.2) is 26.4 Å². The lowest BCUT2D eigenvalue weighted by Gasteiger charge is -2.31. The molecule has 2 bridgehead atoms. The topological polar surface area (TPSA) is 89.5 Å². The Hall–Kier alpha value is -2.85. The van der Waals surface area contributed by atoms with Gasteiger partial charge >= 0.3 is 5.97 Å². The molecule has 2 unspecified atom stereocenters. The van der Waals surface area contributed by atoms with E-state index in [4.69, 9.17) is 16.3 Å². The summed E-state index contributed by atoms with van der Waals surface area (Å²) < 4.78 is 72.5. The second-order valence-corrected chi connectivity index (χ2v) is 11.4. The molecule has 0 heterocycles. The summed E-state index contributed by atoms with van der Waals surface area (Å²) in [6.45, 7) is 1.96. The second-order valence-electron chi connectivity index (χ2n) is 8.92. The molecule has 2 saturated carbocycles. The number of hydrogen-bond donors (Lipinski definition) is 1. The lowest BCUT2D eigenvalue weighted by molar-refractivity contribution is -0.137. The fraction of sp³-hybridized carbons (Fsp3) is 0.360. The number of hydrogen-bond acceptors (Lipinski definition) is 5. The van der Waals surface area contributed by atoms with Crippen LogP contribution in [0, 0.1) is 29.3 Å². The van der Waals surface area contributed by atoms with E-state index in [1.807, 2.05) is 0 Å². The van der Waals surface area contributed by atoms with E-state index >= 15 is 0 Å². The summed E-state index contributed by atoms with van der Waals surface area (Å²) in [5, 5.41) is 1.45. The van der Waals surface area contributed by atoms with E-state index in [0.717, 1.165) is 11.6 Å². The first-order valence-electron chi connectivity index (χ1n) is 11.4. The predicted molar refractivity (Wildman–Crippen MR) is 127 cm³/mol. The number of sulfone groups is 1. The van der Waals surface area contributed by atoms with Crippen molar-refractivity contribution >= 4 is 39.0 Å². The third-order valence-electron chi connectivity index (χ3n) is 6.59. The monoisotopic (exact) mass is 541 g/mol. The van der Waals surface area contributed by atoms with E-state index in [1.165, 1.54) is 18.2 Å². The number of anilines is 1. The molecule has 0 saturated heterocycles. The van der Waals surface area contributed by atoms with Crippen LogP contribution in [0.25, 0.3) is 0 Å². The summed E-state index contributed by atoms with van der Waals surface area (Å²) in [7, 11) is -3.96. The molecule has 0 spiro atoms. The predicted octanol–water partition coefficient (Wildman–Crippen LogP) is 5.46. The maximum absolute atomic E-state index is 13.7. The van der Waals surface area contributed by atoms with Gasteiger partial charge in [0, 0.05) is 29.5 Å². The van der Waals surface area contributed by atoms with E-state index in [1.54, 1.807) is 6.92 Å². The van der Waals surface area contributed by atoms with Gasteiger partial charge in [0.1, 0.15) is 0 Å². The lowest BCUT2D eigenvalue weighted by atomic mass is 9.84. The highest BCUT2D eigenvalue weighted by Crippen LogP contribution is 2.50. The van der Waals surface area contributed by atoms with Crippen molar-refractivity contribution in [1.82, 2.24) is 0 Å². The molecule has 11 heteroatoms. The Balaban J connectivity index is 1.59. The molecule has 2 aliphatic carbocycles. The van der Waals surface area contributed by atoms with Gasteiger partial charge in [0.2, 0.25) is 0 Å². The molecule has 3 atom stereocenters. The van der Waals surface area contributed by atoms with Crippen LogP contribution >= 0.6 is 11.6 Å². The quantitative estimate of drug-likeness (QED) is 0.298. The fourth-order valence-corrected chi connectivity index (χ4v) is 7.99. The molecule has 1 amide bonds. The van der Waals surface area contributed by atoms with Crippen LogP contribution in [-0.2, 0) is 19.4 Å². The Morgan fingerprint density at radius 1 is 1.08 bits per heavy atom. The van der Waals surface area contributed by atoms with Crippen molar-refractivity contribution in [1.29, 1.82) is 0 Å². The Morgan fingerprint density at radius 3 is 2.28 bits per heavy atom. The Bertz CT molecular complexity index is 1320. The van der Waals surface area contributed by atoms with E-state index in [2.05, 4.69) is 5.32 Å². The number of fused-ring (bicyclic) bond motifs is 2. The molecule has 0 aliphatic heterocycles. The summed E-state index contributed by atoms with van der Waals surface area (Å²) >= 11 is 6.25. The van der Waals surface area contributed by atoms with Crippen LogP contribution in [0.3, 0.4) is 0 Å². The highest BCUT2D eigenvalue weighted by atomic mass is 35.5. The van der Waals surface area contributed by atoms with E-state index in [-0.39, 0.29) is 39.6 Å². The summed E-state index contributed by atoms with van der Waals surface area (Å²) in [4.78, 5) is 24.3. The van der Waals surface area contributed by atoms with E-state index in [9.17, 15) is 31.2 Å². The van der Waals surface area contributed by atoms with E-state index < -0.39 is 44.4 Å². The van der Waals surface area contributed by atoms with Crippen LogP contribution in [0.4, 0.5) is 18.9 Å². The summed E-state index contributed by atoms with van der Waals surface area (Å²) in [5.41, 5.74) is 0.418. The number of amides is 1. The minimum Gasteiger partial charge on any atom is -0.463 e. The van der Waals surface area contributed by atoms with Crippen molar-refractivity contribution < 1.29 is 35.9 Å². The van der Waals surface area contributed by atoms with Gasteiger partial charge in [-0.15, -0.1) is 0 Å². The number of carbonyl (C=O) groups is 2. The maximum atomic E-state index is 13.7. The van der Waals surface area contributed by atoms with Crippen LogP contribution in [0.15, 0.2) is 46.9 Å². The van der Waals surface area contributed by atoms with Gasteiger partial charge in [-0.2, -0.15) is 0 Å². The minimum atomic E-state index is -3.96. The molecule has 4 rings (SSSR count). The van der Waals surface area contributed by atoms with Crippen molar-refractivity contribution in [3.63, 3.8) is 0 Å². The minimum absolute atomic E-state index is 0.0577. The number of carbonyl (C=O) groups excluding carboxylic acids is 2. The molecule has 6 nitrogen and oxygen atoms in total. The normalized spacial score (nSPS) is 22.5. The Labute approximate surface area is 211 Å². The van der Waals surface area contributed by atoms with Crippen LogP contribution in [0.5, 0.6) is 0 Å². The number of ether oxygens (including phenoxy) is 1. The third kappa shape index (κ3) is 5.15. The maximum Gasteiger partial charge on any atom is 0.330 e.